The van der Waals surface area contributed by atoms with Crippen LogP contribution in [0.1, 0.15) is 74.1 Å². The zero-order valence-electron chi connectivity index (χ0n) is 14.2. The van der Waals surface area contributed by atoms with Crippen LogP contribution < -0.4 is 0 Å². The first-order valence-corrected chi connectivity index (χ1v) is 7.72. The molecule has 110 valence electrons. The molecule has 0 radical (unpaired) electrons. The van der Waals surface area contributed by atoms with Gasteiger partial charge in [-0.05, 0) is 35.5 Å². The minimum Gasteiger partial charge on any atom is -0.120 e. The van der Waals surface area contributed by atoms with Crippen LogP contribution in [0.15, 0.2) is 12.2 Å². The summed E-state index contributed by atoms with van der Waals surface area (Å²) in [7, 11) is 0. The summed E-state index contributed by atoms with van der Waals surface area (Å²) in [4.78, 5) is 0. The molecular weight excluding hydrogens is 228 g/mol. The van der Waals surface area contributed by atoms with E-state index in [4.69, 9.17) is 6.42 Å². The lowest BCUT2D eigenvalue weighted by atomic mass is 9.65. The molecule has 0 spiro atoms. The van der Waals surface area contributed by atoms with Gasteiger partial charge in [0.25, 0.3) is 0 Å². The molecule has 0 aliphatic carbocycles. The highest BCUT2D eigenvalue weighted by molar-refractivity contribution is 5.01. The maximum atomic E-state index is 5.59. The molecule has 0 aromatic carbocycles. The fraction of sp³-hybridized carbons (Fsp3) is 0.789. The van der Waals surface area contributed by atoms with Gasteiger partial charge in [-0.2, -0.15) is 0 Å². The first kappa shape index (κ1) is 18.3. The highest BCUT2D eigenvalue weighted by Crippen LogP contribution is 2.42. The van der Waals surface area contributed by atoms with Gasteiger partial charge in [0.2, 0.25) is 0 Å². The van der Waals surface area contributed by atoms with Gasteiger partial charge >= 0.3 is 0 Å². The zero-order valence-corrected chi connectivity index (χ0v) is 14.2. The highest BCUT2D eigenvalue weighted by atomic mass is 14.4. The molecule has 0 aromatic heterocycles. The smallest absolute Gasteiger partial charge is 0.0152 e. The van der Waals surface area contributed by atoms with Gasteiger partial charge in [-0.15, -0.1) is 12.3 Å². The van der Waals surface area contributed by atoms with Crippen molar-refractivity contribution in [2.75, 3.05) is 0 Å². The van der Waals surface area contributed by atoms with E-state index in [1.165, 1.54) is 12.8 Å². The lowest BCUT2D eigenvalue weighted by Gasteiger charge is -2.39. The topological polar surface area (TPSA) is 0 Å². The van der Waals surface area contributed by atoms with E-state index < -0.39 is 0 Å². The summed E-state index contributed by atoms with van der Waals surface area (Å²) >= 11 is 0. The van der Waals surface area contributed by atoms with Crippen molar-refractivity contribution in [2.24, 2.45) is 22.7 Å². The number of allylic oxidation sites excluding steroid dienone is 2. The van der Waals surface area contributed by atoms with Crippen molar-refractivity contribution in [2.45, 2.75) is 74.1 Å². The molecule has 2 atom stereocenters. The van der Waals surface area contributed by atoms with E-state index >= 15 is 0 Å². The molecule has 0 amide bonds. The molecule has 0 saturated heterocycles. The molecule has 0 aromatic rings. The van der Waals surface area contributed by atoms with Gasteiger partial charge in [-0.25, -0.2) is 0 Å². The standard InChI is InChI=1S/C19H34/c1-9-11-12-14-16(13-10-2)17(19(6,7)8)15-18(3,4)5/h2,12,14,16-17H,9,11,13,15H2,1,3-8H3/b14-12-. The van der Waals surface area contributed by atoms with Crippen molar-refractivity contribution < 1.29 is 0 Å². The van der Waals surface area contributed by atoms with Crippen LogP contribution in [0.5, 0.6) is 0 Å². The van der Waals surface area contributed by atoms with Crippen molar-refractivity contribution >= 4 is 0 Å². The van der Waals surface area contributed by atoms with Gasteiger partial charge in [0.05, 0.1) is 0 Å². The van der Waals surface area contributed by atoms with E-state index in [0.29, 0.717) is 22.7 Å². The Bertz CT molecular complexity index is 300. The summed E-state index contributed by atoms with van der Waals surface area (Å²) in [6.45, 7) is 16.2. The van der Waals surface area contributed by atoms with Crippen LogP contribution in [0.4, 0.5) is 0 Å². The van der Waals surface area contributed by atoms with E-state index in [1.807, 2.05) is 0 Å². The lowest BCUT2D eigenvalue weighted by molar-refractivity contribution is 0.124. The van der Waals surface area contributed by atoms with Crippen molar-refractivity contribution in [3.05, 3.63) is 12.2 Å². The summed E-state index contributed by atoms with van der Waals surface area (Å²) in [6.07, 6.45) is 14.7. The Morgan fingerprint density at radius 2 is 1.68 bits per heavy atom. The zero-order chi connectivity index (χ0) is 15.1. The number of terminal acetylenes is 1. The lowest BCUT2D eigenvalue weighted by Crippen LogP contribution is -2.31. The molecule has 0 fully saturated rings. The fourth-order valence-electron chi connectivity index (χ4n) is 2.68. The third-order valence-corrected chi connectivity index (χ3v) is 3.65. The Balaban J connectivity index is 5.10. The van der Waals surface area contributed by atoms with Crippen molar-refractivity contribution in [3.63, 3.8) is 0 Å². The monoisotopic (exact) mass is 262 g/mol. The number of rotatable bonds is 6. The van der Waals surface area contributed by atoms with E-state index in [1.54, 1.807) is 0 Å². The number of unbranched alkanes of at least 4 members (excludes halogenated alkanes) is 1. The summed E-state index contributed by atoms with van der Waals surface area (Å²) in [5, 5.41) is 0. The molecule has 19 heavy (non-hydrogen) atoms. The van der Waals surface area contributed by atoms with E-state index in [-0.39, 0.29) is 0 Å². The third-order valence-electron chi connectivity index (χ3n) is 3.65. The van der Waals surface area contributed by atoms with Crippen LogP contribution in [0.25, 0.3) is 0 Å². The quantitative estimate of drug-likeness (QED) is 0.402. The van der Waals surface area contributed by atoms with Crippen molar-refractivity contribution in [1.29, 1.82) is 0 Å². The Labute approximate surface area is 122 Å². The van der Waals surface area contributed by atoms with Crippen LogP contribution in [0.2, 0.25) is 0 Å². The summed E-state index contributed by atoms with van der Waals surface area (Å²) < 4.78 is 0. The van der Waals surface area contributed by atoms with Gasteiger partial charge < -0.3 is 0 Å². The maximum Gasteiger partial charge on any atom is 0.0152 e. The molecule has 0 rings (SSSR count). The van der Waals surface area contributed by atoms with Crippen LogP contribution >= 0.6 is 0 Å². The first-order chi connectivity index (χ1) is 8.61. The SMILES string of the molecule is C#CCC(/C=C\CCC)C(CC(C)(C)C)C(C)(C)C. The molecule has 0 heteroatoms. The molecular formula is C19H34. The molecule has 0 bridgehead atoms. The molecule has 0 saturated carbocycles. The van der Waals surface area contributed by atoms with Gasteiger partial charge in [-0.3, -0.25) is 0 Å². The largest absolute Gasteiger partial charge is 0.120 e. The average Bonchev–Trinajstić information content (AvgIpc) is 2.22. The predicted molar refractivity (Wildman–Crippen MR) is 88.0 cm³/mol. The normalized spacial score (nSPS) is 16.3. The minimum atomic E-state index is 0.297. The van der Waals surface area contributed by atoms with Crippen molar-refractivity contribution in [1.82, 2.24) is 0 Å². The van der Waals surface area contributed by atoms with Crippen LogP contribution in [0.3, 0.4) is 0 Å². The molecule has 0 aliphatic heterocycles. The summed E-state index contributed by atoms with van der Waals surface area (Å²) in [5.41, 5.74) is 0.648. The van der Waals surface area contributed by atoms with E-state index in [2.05, 4.69) is 66.5 Å². The van der Waals surface area contributed by atoms with Gasteiger partial charge in [-0.1, -0.05) is 67.0 Å². The van der Waals surface area contributed by atoms with Gasteiger partial charge in [0.1, 0.15) is 0 Å². The Morgan fingerprint density at radius 1 is 1.11 bits per heavy atom. The van der Waals surface area contributed by atoms with E-state index in [9.17, 15) is 0 Å². The van der Waals surface area contributed by atoms with Gasteiger partial charge in [0.15, 0.2) is 0 Å². The van der Waals surface area contributed by atoms with Gasteiger partial charge in [0, 0.05) is 6.42 Å². The molecule has 2 unspecified atom stereocenters. The minimum absolute atomic E-state index is 0.297. The predicted octanol–water partition coefficient (Wildman–Crippen LogP) is 6.08. The molecule has 0 nitrogen and oxygen atoms in total. The second kappa shape index (κ2) is 7.78. The first-order valence-electron chi connectivity index (χ1n) is 7.72. The summed E-state index contributed by atoms with van der Waals surface area (Å²) in [6, 6.07) is 0. The molecule has 0 N–H and O–H groups in total. The average molecular weight is 262 g/mol. The van der Waals surface area contributed by atoms with E-state index in [0.717, 1.165) is 12.8 Å². The second-order valence-electron chi connectivity index (χ2n) is 8.03. The highest BCUT2D eigenvalue weighted by Gasteiger charge is 2.33. The Hall–Kier alpha value is -0.700. The van der Waals surface area contributed by atoms with Crippen LogP contribution in [-0.4, -0.2) is 0 Å². The van der Waals surface area contributed by atoms with Crippen LogP contribution in [-0.2, 0) is 0 Å². The number of hydrogen-bond donors (Lipinski definition) is 0. The third kappa shape index (κ3) is 8.14. The molecule has 0 aliphatic rings. The van der Waals surface area contributed by atoms with Crippen molar-refractivity contribution in [3.8, 4) is 12.3 Å². The van der Waals surface area contributed by atoms with Crippen LogP contribution in [0, 0.1) is 35.0 Å². The second-order valence-corrected chi connectivity index (χ2v) is 8.03. The number of hydrogen-bond acceptors (Lipinski definition) is 0. The summed E-state index contributed by atoms with van der Waals surface area (Å²) in [5.74, 6) is 4.03. The molecule has 0 heterocycles. The maximum absolute atomic E-state index is 5.59. The Morgan fingerprint density at radius 3 is 2.05 bits per heavy atom. The fourth-order valence-corrected chi connectivity index (χ4v) is 2.68. The Kier molecular flexibility index (Phi) is 7.50.